The summed E-state index contributed by atoms with van der Waals surface area (Å²) in [7, 11) is 1.58. The SMILES string of the molecule is CNC(=O)OC1CCCC1C(Cn1ccnc1C)(c1cccc(F)c1)C1CCN(CC2CN(c3ccc(C#N)cc3F)C2)CC1. The Kier molecular flexibility index (Phi) is 9.09. The van der Waals surface area contributed by atoms with Crippen molar-refractivity contribution in [1.29, 1.82) is 5.26 Å². The van der Waals surface area contributed by atoms with Gasteiger partial charge in [0.2, 0.25) is 0 Å². The van der Waals surface area contributed by atoms with E-state index in [2.05, 4.69) is 25.8 Å². The number of benzene rings is 2. The molecule has 10 heteroatoms. The number of piperidine rings is 1. The van der Waals surface area contributed by atoms with E-state index < -0.39 is 11.5 Å². The summed E-state index contributed by atoms with van der Waals surface area (Å²) in [6, 6.07) is 13.7. The Hall–Kier alpha value is -3.97. The molecule has 0 spiro atoms. The van der Waals surface area contributed by atoms with E-state index in [4.69, 9.17) is 10.00 Å². The number of amides is 1. The lowest BCUT2D eigenvalue weighted by Gasteiger charge is -2.51. The fraction of sp³-hybridized carbons (Fsp3) is 0.514. The fourth-order valence-electron chi connectivity index (χ4n) is 8.28. The maximum absolute atomic E-state index is 15.0. The van der Waals surface area contributed by atoms with Gasteiger partial charge in [0, 0.05) is 62.9 Å². The lowest BCUT2D eigenvalue weighted by molar-refractivity contribution is 0.00167. The number of anilines is 1. The van der Waals surface area contributed by atoms with Gasteiger partial charge in [0.25, 0.3) is 0 Å². The minimum Gasteiger partial charge on any atom is -0.446 e. The van der Waals surface area contributed by atoms with E-state index in [1.807, 2.05) is 30.3 Å². The van der Waals surface area contributed by atoms with Crippen molar-refractivity contribution < 1.29 is 18.3 Å². The average Bonchev–Trinajstić information content (AvgIpc) is 3.66. The summed E-state index contributed by atoms with van der Waals surface area (Å²) >= 11 is 0. The Morgan fingerprint density at radius 3 is 2.60 bits per heavy atom. The van der Waals surface area contributed by atoms with Gasteiger partial charge in [-0.25, -0.2) is 18.6 Å². The molecule has 2 aliphatic heterocycles. The summed E-state index contributed by atoms with van der Waals surface area (Å²) in [5, 5.41) is 11.7. The summed E-state index contributed by atoms with van der Waals surface area (Å²) in [4.78, 5) is 21.5. The zero-order valence-corrected chi connectivity index (χ0v) is 26.1. The quantitative estimate of drug-likeness (QED) is 0.334. The monoisotopic (exact) mass is 616 g/mol. The number of carbonyl (C=O) groups excluding carboxylic acids is 1. The van der Waals surface area contributed by atoms with Gasteiger partial charge in [0.05, 0.1) is 17.3 Å². The molecule has 3 atom stereocenters. The second-order valence-corrected chi connectivity index (χ2v) is 13.0. The highest BCUT2D eigenvalue weighted by Crippen LogP contribution is 2.52. The van der Waals surface area contributed by atoms with Crippen LogP contribution in [-0.2, 0) is 16.7 Å². The van der Waals surface area contributed by atoms with E-state index in [-0.39, 0.29) is 29.6 Å². The Morgan fingerprint density at radius 2 is 1.93 bits per heavy atom. The van der Waals surface area contributed by atoms with E-state index in [0.717, 1.165) is 76.2 Å². The van der Waals surface area contributed by atoms with Crippen molar-refractivity contribution in [3.05, 3.63) is 83.4 Å². The maximum Gasteiger partial charge on any atom is 0.407 e. The smallest absolute Gasteiger partial charge is 0.407 e. The second-order valence-electron chi connectivity index (χ2n) is 13.0. The fourth-order valence-corrected chi connectivity index (χ4v) is 8.28. The minimum atomic E-state index is -0.463. The first-order chi connectivity index (χ1) is 21.8. The molecule has 3 heterocycles. The van der Waals surface area contributed by atoms with Crippen LogP contribution in [0.1, 0.15) is 49.1 Å². The molecular formula is C35H42F2N6O2. The number of nitriles is 1. The van der Waals surface area contributed by atoms with Gasteiger partial charge in [0.1, 0.15) is 23.6 Å². The summed E-state index contributed by atoms with van der Waals surface area (Å²) in [5.41, 5.74) is 1.39. The molecule has 2 aromatic carbocycles. The number of rotatable bonds is 9. The van der Waals surface area contributed by atoms with Crippen LogP contribution in [0.5, 0.6) is 0 Å². The Bertz CT molecular complexity index is 1540. The van der Waals surface area contributed by atoms with Crippen LogP contribution in [-0.4, -0.2) is 66.4 Å². The van der Waals surface area contributed by atoms with Crippen LogP contribution in [0.4, 0.5) is 19.3 Å². The second kappa shape index (κ2) is 13.2. The Labute approximate surface area is 264 Å². The maximum atomic E-state index is 15.0. The van der Waals surface area contributed by atoms with Crippen LogP contribution in [0.2, 0.25) is 0 Å². The summed E-state index contributed by atoms with van der Waals surface area (Å²) in [6.45, 7) is 6.99. The number of hydrogen-bond acceptors (Lipinski definition) is 6. The Morgan fingerprint density at radius 1 is 1.13 bits per heavy atom. The molecule has 6 rings (SSSR count). The zero-order chi connectivity index (χ0) is 31.6. The van der Waals surface area contributed by atoms with Crippen molar-refractivity contribution in [3.63, 3.8) is 0 Å². The van der Waals surface area contributed by atoms with E-state index in [1.54, 1.807) is 31.3 Å². The molecule has 3 aliphatic rings. The molecule has 1 aliphatic carbocycles. The molecule has 0 radical (unpaired) electrons. The normalized spacial score (nSPS) is 22.4. The average molecular weight is 617 g/mol. The number of hydrogen-bond donors (Lipinski definition) is 1. The van der Waals surface area contributed by atoms with Gasteiger partial charge in [0.15, 0.2) is 0 Å². The molecule has 2 saturated heterocycles. The first kappa shape index (κ1) is 31.0. The molecule has 1 saturated carbocycles. The van der Waals surface area contributed by atoms with E-state index in [9.17, 15) is 13.6 Å². The number of aromatic nitrogens is 2. The molecule has 1 N–H and O–H groups in total. The van der Waals surface area contributed by atoms with E-state index >= 15 is 0 Å². The van der Waals surface area contributed by atoms with Gasteiger partial charge >= 0.3 is 6.09 Å². The predicted octanol–water partition coefficient (Wildman–Crippen LogP) is 5.65. The van der Waals surface area contributed by atoms with Crippen LogP contribution in [0.15, 0.2) is 54.9 Å². The highest BCUT2D eigenvalue weighted by molar-refractivity contribution is 5.67. The number of nitrogens with zero attached hydrogens (tertiary/aromatic N) is 5. The molecule has 8 nitrogen and oxygen atoms in total. The minimum absolute atomic E-state index is 0.0254. The molecule has 1 aromatic heterocycles. The van der Waals surface area contributed by atoms with Gasteiger partial charge in [-0.15, -0.1) is 0 Å². The molecule has 3 aromatic rings. The van der Waals surface area contributed by atoms with Gasteiger partial charge < -0.3 is 24.4 Å². The van der Waals surface area contributed by atoms with Crippen molar-refractivity contribution in [2.24, 2.45) is 17.8 Å². The first-order valence-corrected chi connectivity index (χ1v) is 16.1. The van der Waals surface area contributed by atoms with Gasteiger partial charge in [-0.05, 0) is 93.9 Å². The zero-order valence-electron chi connectivity index (χ0n) is 26.1. The molecule has 1 amide bonds. The molecule has 3 unspecified atom stereocenters. The van der Waals surface area contributed by atoms with Crippen LogP contribution >= 0.6 is 0 Å². The predicted molar refractivity (Wildman–Crippen MR) is 168 cm³/mol. The lowest BCUT2D eigenvalue weighted by atomic mass is 9.58. The Balaban J connectivity index is 1.22. The number of carbonyl (C=O) groups is 1. The third kappa shape index (κ3) is 6.28. The number of aryl methyl sites for hydroxylation is 1. The summed E-state index contributed by atoms with van der Waals surface area (Å²) in [5.74, 6) is 1.01. The van der Waals surface area contributed by atoms with Crippen LogP contribution in [0.3, 0.4) is 0 Å². The summed E-state index contributed by atoms with van der Waals surface area (Å²) < 4.78 is 37.7. The highest BCUT2D eigenvalue weighted by Gasteiger charge is 2.53. The number of imidazole rings is 1. The van der Waals surface area contributed by atoms with Gasteiger partial charge in [-0.1, -0.05) is 12.1 Å². The number of ether oxygens (including phenoxy) is 1. The molecule has 0 bridgehead atoms. The van der Waals surface area contributed by atoms with E-state index in [0.29, 0.717) is 23.7 Å². The van der Waals surface area contributed by atoms with Crippen molar-refractivity contribution >= 4 is 11.8 Å². The molecule has 3 fully saturated rings. The summed E-state index contributed by atoms with van der Waals surface area (Å²) in [6.07, 6.45) is 7.63. The molecular weight excluding hydrogens is 574 g/mol. The number of halogens is 2. The van der Waals surface area contributed by atoms with Gasteiger partial charge in [-0.3, -0.25) is 0 Å². The van der Waals surface area contributed by atoms with Crippen LogP contribution in [0, 0.1) is 47.6 Å². The number of alkyl carbamates (subject to hydrolysis) is 1. The van der Waals surface area contributed by atoms with E-state index in [1.165, 1.54) is 12.1 Å². The lowest BCUT2D eigenvalue weighted by Crippen LogP contribution is -2.55. The highest BCUT2D eigenvalue weighted by atomic mass is 19.1. The van der Waals surface area contributed by atoms with Crippen molar-refractivity contribution in [2.75, 3.05) is 44.7 Å². The third-order valence-electron chi connectivity index (χ3n) is 10.5. The molecule has 238 valence electrons. The number of likely N-dealkylation sites (tertiary alicyclic amines) is 1. The van der Waals surface area contributed by atoms with Gasteiger partial charge in [-0.2, -0.15) is 5.26 Å². The standard InChI is InChI=1S/C35H42F2N6O2/c1-24-40-13-16-42(24)23-35(28-5-3-6-29(36)18-28,30-7-4-8-33(30)45-34(44)39-2)27-11-14-41(15-12-27)20-26-21-43(22-26)32-10-9-25(19-38)17-31(32)37/h3,5-6,9-10,13,16-18,26-27,30,33H,4,7-8,11-12,14-15,20-23H2,1-2H3,(H,39,44). The first-order valence-electron chi connectivity index (χ1n) is 16.1. The third-order valence-corrected chi connectivity index (χ3v) is 10.5. The van der Waals surface area contributed by atoms with Crippen LogP contribution < -0.4 is 10.2 Å². The molecule has 45 heavy (non-hydrogen) atoms. The van der Waals surface area contributed by atoms with Crippen molar-refractivity contribution in [3.8, 4) is 6.07 Å². The van der Waals surface area contributed by atoms with Crippen molar-refractivity contribution in [2.45, 2.75) is 57.1 Å². The topological polar surface area (TPSA) is 86.4 Å². The van der Waals surface area contributed by atoms with Crippen LogP contribution in [0.25, 0.3) is 0 Å². The number of nitrogens with one attached hydrogen (secondary N) is 1. The largest absolute Gasteiger partial charge is 0.446 e. The van der Waals surface area contributed by atoms with Crippen molar-refractivity contribution in [1.82, 2.24) is 19.8 Å².